The van der Waals surface area contributed by atoms with Gasteiger partial charge >= 0.3 is 0 Å². The minimum atomic E-state index is -0.236. The van der Waals surface area contributed by atoms with Gasteiger partial charge in [0.05, 0.1) is 16.1 Å². The molecule has 3 aromatic heterocycles. The van der Waals surface area contributed by atoms with Crippen LogP contribution in [0.1, 0.15) is 25.6 Å². The highest BCUT2D eigenvalue weighted by Gasteiger charge is 2.23. The predicted octanol–water partition coefficient (Wildman–Crippen LogP) is 2.91. The van der Waals surface area contributed by atoms with Crippen LogP contribution in [0.3, 0.4) is 0 Å². The molecule has 0 bridgehead atoms. The molecule has 0 unspecified atom stereocenters. The SMILES string of the molecule is CC(C)(C)n1ncc2c(=O)[nH]c(N3CCN(Cc4ccc(Cl)s4)CC3)nc21. The number of rotatable bonds is 3. The Balaban J connectivity index is 1.52. The standard InChI is InChI=1S/C18H23ClN6OS/c1-18(2,3)25-15-13(10-20-25)16(26)22-17(21-15)24-8-6-23(7-9-24)11-12-4-5-14(19)27-12/h4-5,10H,6-9,11H2,1-3H3,(H,21,22,26). The van der Waals surface area contributed by atoms with Crippen molar-refractivity contribution in [3.8, 4) is 0 Å². The molecule has 0 aromatic carbocycles. The molecular weight excluding hydrogens is 384 g/mol. The van der Waals surface area contributed by atoms with Crippen molar-refractivity contribution in [1.29, 1.82) is 0 Å². The van der Waals surface area contributed by atoms with Crippen LogP contribution in [-0.2, 0) is 12.1 Å². The van der Waals surface area contributed by atoms with Crippen LogP contribution >= 0.6 is 22.9 Å². The first kappa shape index (κ1) is 18.5. The van der Waals surface area contributed by atoms with Gasteiger partial charge in [0.2, 0.25) is 5.95 Å². The number of aromatic nitrogens is 4. The topological polar surface area (TPSA) is 70.1 Å². The molecule has 1 saturated heterocycles. The Kier molecular flexibility index (Phi) is 4.73. The number of aromatic amines is 1. The van der Waals surface area contributed by atoms with Gasteiger partial charge in [-0.3, -0.25) is 14.7 Å². The van der Waals surface area contributed by atoms with Gasteiger partial charge in [-0.2, -0.15) is 10.1 Å². The number of hydrogen-bond donors (Lipinski definition) is 1. The van der Waals surface area contributed by atoms with Gasteiger partial charge in [0.1, 0.15) is 5.39 Å². The quantitative estimate of drug-likeness (QED) is 0.724. The maximum Gasteiger partial charge on any atom is 0.263 e. The minimum absolute atomic E-state index is 0.138. The van der Waals surface area contributed by atoms with E-state index < -0.39 is 0 Å². The van der Waals surface area contributed by atoms with Gasteiger partial charge in [0, 0.05) is 37.6 Å². The molecule has 4 heterocycles. The fraction of sp³-hybridized carbons (Fsp3) is 0.500. The predicted molar refractivity (Wildman–Crippen MR) is 110 cm³/mol. The maximum atomic E-state index is 12.5. The van der Waals surface area contributed by atoms with E-state index in [1.165, 1.54) is 4.88 Å². The number of halogens is 1. The molecule has 0 amide bonds. The third-order valence-corrected chi connectivity index (χ3v) is 5.96. The fourth-order valence-electron chi connectivity index (χ4n) is 3.32. The normalized spacial score (nSPS) is 16.4. The number of thiophene rings is 1. The first-order valence-corrected chi connectivity index (χ1v) is 10.2. The van der Waals surface area contributed by atoms with E-state index in [1.807, 2.05) is 10.7 Å². The molecule has 7 nitrogen and oxygen atoms in total. The highest BCUT2D eigenvalue weighted by Crippen LogP contribution is 2.24. The molecule has 9 heteroatoms. The third kappa shape index (κ3) is 3.74. The van der Waals surface area contributed by atoms with Crippen molar-refractivity contribution < 1.29 is 0 Å². The summed E-state index contributed by atoms with van der Waals surface area (Å²) in [6.45, 7) is 10.5. The van der Waals surface area contributed by atoms with Crippen molar-refractivity contribution in [3.63, 3.8) is 0 Å². The molecule has 4 rings (SSSR count). The molecule has 0 saturated carbocycles. The summed E-state index contributed by atoms with van der Waals surface area (Å²) in [6, 6.07) is 4.03. The molecule has 0 spiro atoms. The van der Waals surface area contributed by atoms with Gasteiger partial charge in [0.25, 0.3) is 5.56 Å². The Morgan fingerprint density at radius 2 is 1.96 bits per heavy atom. The zero-order chi connectivity index (χ0) is 19.2. The smallest absolute Gasteiger partial charge is 0.263 e. The lowest BCUT2D eigenvalue weighted by Crippen LogP contribution is -2.46. The van der Waals surface area contributed by atoms with Gasteiger partial charge in [-0.25, -0.2) is 4.68 Å². The highest BCUT2D eigenvalue weighted by molar-refractivity contribution is 7.16. The van der Waals surface area contributed by atoms with E-state index in [1.54, 1.807) is 17.5 Å². The van der Waals surface area contributed by atoms with E-state index in [2.05, 4.69) is 46.7 Å². The van der Waals surface area contributed by atoms with Crippen LogP contribution in [0, 0.1) is 0 Å². The van der Waals surface area contributed by atoms with Crippen LogP contribution in [0.5, 0.6) is 0 Å². The number of nitrogens with zero attached hydrogens (tertiary/aromatic N) is 5. The molecule has 0 atom stereocenters. The van der Waals surface area contributed by atoms with Crippen LogP contribution < -0.4 is 10.5 Å². The first-order chi connectivity index (χ1) is 12.8. The number of hydrogen-bond acceptors (Lipinski definition) is 6. The first-order valence-electron chi connectivity index (χ1n) is 9.01. The number of H-pyrrole nitrogens is 1. The van der Waals surface area contributed by atoms with E-state index in [0.717, 1.165) is 37.1 Å². The van der Waals surface area contributed by atoms with Crippen LogP contribution in [0.25, 0.3) is 11.0 Å². The summed E-state index contributed by atoms with van der Waals surface area (Å²) in [5.41, 5.74) is 0.263. The van der Waals surface area contributed by atoms with Crippen molar-refractivity contribution in [2.45, 2.75) is 32.9 Å². The van der Waals surface area contributed by atoms with Gasteiger partial charge in [-0.1, -0.05) is 11.6 Å². The summed E-state index contributed by atoms with van der Waals surface area (Å²) >= 11 is 7.65. The van der Waals surface area contributed by atoms with Crippen molar-refractivity contribution >= 4 is 39.9 Å². The summed E-state index contributed by atoms with van der Waals surface area (Å²) in [6.07, 6.45) is 1.60. The Labute approximate surface area is 166 Å². The molecule has 144 valence electrons. The van der Waals surface area contributed by atoms with E-state index in [0.29, 0.717) is 17.0 Å². The van der Waals surface area contributed by atoms with E-state index in [-0.39, 0.29) is 11.1 Å². The summed E-state index contributed by atoms with van der Waals surface area (Å²) in [5, 5.41) is 4.90. The van der Waals surface area contributed by atoms with Crippen molar-refractivity contribution in [2.24, 2.45) is 0 Å². The van der Waals surface area contributed by atoms with Crippen molar-refractivity contribution in [3.05, 3.63) is 37.9 Å². The molecule has 1 aliphatic rings. The van der Waals surface area contributed by atoms with Crippen LogP contribution in [-0.4, -0.2) is 50.8 Å². The largest absolute Gasteiger partial charge is 0.340 e. The Morgan fingerprint density at radius 3 is 2.59 bits per heavy atom. The Hall–Kier alpha value is -1.90. The van der Waals surface area contributed by atoms with E-state index >= 15 is 0 Å². The molecule has 3 aromatic rings. The van der Waals surface area contributed by atoms with Gasteiger partial charge in [0.15, 0.2) is 5.65 Å². The zero-order valence-corrected chi connectivity index (χ0v) is 17.3. The van der Waals surface area contributed by atoms with E-state index in [9.17, 15) is 4.79 Å². The van der Waals surface area contributed by atoms with Crippen LogP contribution in [0.4, 0.5) is 5.95 Å². The fourth-order valence-corrected chi connectivity index (χ4v) is 4.45. The van der Waals surface area contributed by atoms with Crippen molar-refractivity contribution in [2.75, 3.05) is 31.1 Å². The lowest BCUT2D eigenvalue weighted by atomic mass is 10.1. The van der Waals surface area contributed by atoms with E-state index in [4.69, 9.17) is 16.6 Å². The second kappa shape index (κ2) is 6.92. The molecule has 1 N–H and O–H groups in total. The number of fused-ring (bicyclic) bond motifs is 1. The van der Waals surface area contributed by atoms with Gasteiger partial charge < -0.3 is 4.90 Å². The second-order valence-corrected chi connectivity index (χ2v) is 9.62. The lowest BCUT2D eigenvalue weighted by Gasteiger charge is -2.34. The molecular formula is C18H23ClN6OS. The summed E-state index contributed by atoms with van der Waals surface area (Å²) < 4.78 is 2.65. The zero-order valence-electron chi connectivity index (χ0n) is 15.7. The van der Waals surface area contributed by atoms with Gasteiger partial charge in [-0.15, -0.1) is 11.3 Å². The van der Waals surface area contributed by atoms with Crippen molar-refractivity contribution in [1.82, 2.24) is 24.6 Å². The number of anilines is 1. The number of nitrogens with one attached hydrogen (secondary N) is 1. The molecule has 1 aliphatic heterocycles. The summed E-state index contributed by atoms with van der Waals surface area (Å²) in [4.78, 5) is 26.0. The molecule has 27 heavy (non-hydrogen) atoms. The molecule has 0 aliphatic carbocycles. The third-order valence-electron chi connectivity index (χ3n) is 4.74. The number of piperazine rings is 1. The Bertz CT molecular complexity index is 1010. The molecule has 0 radical (unpaired) electrons. The average Bonchev–Trinajstić information content (AvgIpc) is 3.21. The van der Waals surface area contributed by atoms with Crippen LogP contribution in [0.15, 0.2) is 23.1 Å². The average molecular weight is 407 g/mol. The molecule has 1 fully saturated rings. The van der Waals surface area contributed by atoms with Gasteiger partial charge in [-0.05, 0) is 32.9 Å². The summed E-state index contributed by atoms with van der Waals surface area (Å²) in [7, 11) is 0. The van der Waals surface area contributed by atoms with Crippen LogP contribution in [0.2, 0.25) is 4.34 Å². The minimum Gasteiger partial charge on any atom is -0.340 e. The second-order valence-electron chi connectivity index (χ2n) is 7.82. The Morgan fingerprint density at radius 1 is 1.22 bits per heavy atom. The summed E-state index contributed by atoms with van der Waals surface area (Å²) in [5.74, 6) is 0.623. The lowest BCUT2D eigenvalue weighted by molar-refractivity contribution is 0.250. The maximum absolute atomic E-state index is 12.5. The monoisotopic (exact) mass is 406 g/mol. The highest BCUT2D eigenvalue weighted by atomic mass is 35.5.